The molecule has 1 aliphatic rings. The number of sulfonamides is 1. The van der Waals surface area contributed by atoms with Crippen LogP contribution in [-0.4, -0.2) is 50.0 Å². The van der Waals surface area contributed by atoms with E-state index >= 15 is 0 Å². The molecule has 218 valence electrons. The van der Waals surface area contributed by atoms with Crippen LogP contribution in [0.5, 0.6) is 11.5 Å². The molecule has 41 heavy (non-hydrogen) atoms. The van der Waals surface area contributed by atoms with Crippen LogP contribution in [0, 0.1) is 6.92 Å². The first kappa shape index (κ1) is 30.1. The van der Waals surface area contributed by atoms with Gasteiger partial charge in [0.25, 0.3) is 0 Å². The molecule has 0 radical (unpaired) electrons. The zero-order valence-corrected chi connectivity index (χ0v) is 24.8. The van der Waals surface area contributed by atoms with Gasteiger partial charge >= 0.3 is 0 Å². The lowest BCUT2D eigenvalue weighted by atomic mass is 9.95. The topological polar surface area (TPSA) is 96.0 Å². The Balaban J connectivity index is 1.55. The van der Waals surface area contributed by atoms with Gasteiger partial charge in [-0.2, -0.15) is 0 Å². The van der Waals surface area contributed by atoms with Gasteiger partial charge in [0.05, 0.1) is 11.9 Å². The molecule has 1 fully saturated rings. The summed E-state index contributed by atoms with van der Waals surface area (Å²) < 4.78 is 32.7. The number of benzene rings is 3. The van der Waals surface area contributed by atoms with Gasteiger partial charge in [-0.3, -0.25) is 13.9 Å². The van der Waals surface area contributed by atoms with Crippen molar-refractivity contribution in [3.05, 3.63) is 90.0 Å². The zero-order chi connectivity index (χ0) is 29.4. The van der Waals surface area contributed by atoms with Crippen molar-refractivity contribution in [2.24, 2.45) is 0 Å². The summed E-state index contributed by atoms with van der Waals surface area (Å²) in [5, 5.41) is 3.12. The molecule has 2 amide bonds. The maximum absolute atomic E-state index is 13.9. The summed E-state index contributed by atoms with van der Waals surface area (Å²) in [6.45, 7) is 3.40. The van der Waals surface area contributed by atoms with Gasteiger partial charge in [-0.05, 0) is 74.2 Å². The van der Waals surface area contributed by atoms with Crippen LogP contribution < -0.4 is 14.4 Å². The minimum atomic E-state index is -3.82. The van der Waals surface area contributed by atoms with Gasteiger partial charge in [0.1, 0.15) is 24.1 Å². The van der Waals surface area contributed by atoms with Gasteiger partial charge in [0.2, 0.25) is 21.8 Å². The molecule has 1 N–H and O–H groups in total. The first-order valence-corrected chi connectivity index (χ1v) is 15.9. The molecule has 0 aliphatic heterocycles. The van der Waals surface area contributed by atoms with E-state index in [0.717, 1.165) is 47.4 Å². The van der Waals surface area contributed by atoms with Gasteiger partial charge in [-0.1, -0.05) is 61.7 Å². The van der Waals surface area contributed by atoms with E-state index < -0.39 is 28.5 Å². The van der Waals surface area contributed by atoms with Crippen LogP contribution in [0.25, 0.3) is 0 Å². The number of rotatable bonds is 11. The predicted octanol–water partition coefficient (Wildman–Crippen LogP) is 5.42. The number of aryl methyl sites for hydroxylation is 1. The second-order valence-corrected chi connectivity index (χ2v) is 12.6. The molecule has 0 aromatic heterocycles. The first-order chi connectivity index (χ1) is 19.6. The Morgan fingerprint density at radius 3 is 2.15 bits per heavy atom. The van der Waals surface area contributed by atoms with E-state index in [4.69, 9.17) is 4.74 Å². The van der Waals surface area contributed by atoms with Crippen LogP contribution in [0.4, 0.5) is 5.69 Å². The Hall–Kier alpha value is -3.85. The third-order valence-corrected chi connectivity index (χ3v) is 8.64. The molecule has 1 unspecified atom stereocenters. The number of nitrogens with one attached hydrogen (secondary N) is 1. The smallest absolute Gasteiger partial charge is 0.244 e. The lowest BCUT2D eigenvalue weighted by molar-refractivity contribution is -0.139. The van der Waals surface area contributed by atoms with Crippen molar-refractivity contribution in [2.75, 3.05) is 17.1 Å². The van der Waals surface area contributed by atoms with Crippen molar-refractivity contribution >= 4 is 27.5 Å². The Morgan fingerprint density at radius 1 is 0.902 bits per heavy atom. The molecular formula is C32H39N3O5S. The third kappa shape index (κ3) is 8.33. The summed E-state index contributed by atoms with van der Waals surface area (Å²) >= 11 is 0. The van der Waals surface area contributed by atoms with Crippen LogP contribution in [0.1, 0.15) is 50.2 Å². The Bertz CT molecular complexity index is 1420. The second kappa shape index (κ2) is 13.7. The zero-order valence-electron chi connectivity index (χ0n) is 24.0. The summed E-state index contributed by atoms with van der Waals surface area (Å²) in [6, 6.07) is 22.8. The monoisotopic (exact) mass is 577 g/mol. The molecule has 1 atom stereocenters. The van der Waals surface area contributed by atoms with Crippen LogP contribution in [-0.2, 0) is 26.2 Å². The number of anilines is 1. The van der Waals surface area contributed by atoms with Crippen LogP contribution >= 0.6 is 0 Å². The van der Waals surface area contributed by atoms with E-state index in [1.807, 2.05) is 61.5 Å². The highest BCUT2D eigenvalue weighted by Crippen LogP contribution is 2.26. The molecule has 0 spiro atoms. The van der Waals surface area contributed by atoms with Gasteiger partial charge in [-0.15, -0.1) is 0 Å². The van der Waals surface area contributed by atoms with E-state index in [-0.39, 0.29) is 18.5 Å². The maximum Gasteiger partial charge on any atom is 0.244 e. The van der Waals surface area contributed by atoms with E-state index in [2.05, 4.69) is 5.32 Å². The molecule has 1 aliphatic carbocycles. The van der Waals surface area contributed by atoms with E-state index in [1.165, 1.54) is 11.3 Å². The minimum absolute atomic E-state index is 0.0956. The van der Waals surface area contributed by atoms with E-state index in [1.54, 1.807) is 31.2 Å². The highest BCUT2D eigenvalue weighted by atomic mass is 32.2. The highest BCUT2D eigenvalue weighted by Gasteiger charge is 2.31. The number of amides is 2. The molecule has 4 rings (SSSR count). The van der Waals surface area contributed by atoms with Crippen molar-refractivity contribution in [1.82, 2.24) is 10.2 Å². The summed E-state index contributed by atoms with van der Waals surface area (Å²) in [4.78, 5) is 28.7. The van der Waals surface area contributed by atoms with Gasteiger partial charge in [-0.25, -0.2) is 8.42 Å². The number of hydrogen-bond donors (Lipinski definition) is 1. The van der Waals surface area contributed by atoms with Crippen molar-refractivity contribution in [3.8, 4) is 11.5 Å². The maximum atomic E-state index is 13.9. The van der Waals surface area contributed by atoms with Crippen LogP contribution in [0.2, 0.25) is 0 Å². The number of carbonyl (C=O) groups is 2. The molecule has 9 heteroatoms. The molecule has 3 aromatic carbocycles. The summed E-state index contributed by atoms with van der Waals surface area (Å²) in [7, 11) is -3.82. The molecule has 3 aromatic rings. The third-order valence-electron chi connectivity index (χ3n) is 7.50. The van der Waals surface area contributed by atoms with Crippen LogP contribution in [0.15, 0.2) is 78.9 Å². The molecule has 0 bridgehead atoms. The number of hydrogen-bond acceptors (Lipinski definition) is 5. The second-order valence-electron chi connectivity index (χ2n) is 10.6. The fraction of sp³-hybridized carbons (Fsp3) is 0.375. The summed E-state index contributed by atoms with van der Waals surface area (Å²) in [5.41, 5.74) is 2.21. The normalized spacial score (nSPS) is 14.6. The summed E-state index contributed by atoms with van der Waals surface area (Å²) in [5.74, 6) is 0.499. The molecule has 0 saturated heterocycles. The van der Waals surface area contributed by atoms with Crippen molar-refractivity contribution in [3.63, 3.8) is 0 Å². The highest BCUT2D eigenvalue weighted by molar-refractivity contribution is 7.92. The predicted molar refractivity (Wildman–Crippen MR) is 161 cm³/mol. The fourth-order valence-electron chi connectivity index (χ4n) is 5.04. The van der Waals surface area contributed by atoms with Crippen LogP contribution in [0.3, 0.4) is 0 Å². The molecule has 1 saturated carbocycles. The SMILES string of the molecule is Cc1ccccc1CN(C(=O)CN(c1ccc(Oc2ccccc2)cc1)S(C)(=O)=O)C(C)C(=O)NC1CCCCC1. The minimum Gasteiger partial charge on any atom is -0.457 e. The Morgan fingerprint density at radius 2 is 1.51 bits per heavy atom. The lowest BCUT2D eigenvalue weighted by Crippen LogP contribution is -2.53. The fourth-order valence-corrected chi connectivity index (χ4v) is 5.89. The van der Waals surface area contributed by atoms with Crippen molar-refractivity contribution in [1.29, 1.82) is 0 Å². The molecular weight excluding hydrogens is 538 g/mol. The van der Waals surface area contributed by atoms with Gasteiger partial charge in [0.15, 0.2) is 0 Å². The van der Waals surface area contributed by atoms with E-state index in [9.17, 15) is 18.0 Å². The molecule has 0 heterocycles. The number of nitrogens with zero attached hydrogens (tertiary/aromatic N) is 2. The Kier molecular flexibility index (Phi) is 10.0. The number of para-hydroxylation sites is 1. The Labute approximate surface area is 243 Å². The van der Waals surface area contributed by atoms with Gasteiger partial charge in [0, 0.05) is 12.6 Å². The molecule has 8 nitrogen and oxygen atoms in total. The average Bonchev–Trinajstić information content (AvgIpc) is 2.96. The quantitative estimate of drug-likeness (QED) is 0.328. The number of ether oxygens (including phenoxy) is 1. The van der Waals surface area contributed by atoms with Gasteiger partial charge < -0.3 is 15.0 Å². The van der Waals surface area contributed by atoms with E-state index in [0.29, 0.717) is 17.2 Å². The largest absolute Gasteiger partial charge is 0.457 e. The first-order valence-electron chi connectivity index (χ1n) is 14.1. The summed E-state index contributed by atoms with van der Waals surface area (Å²) in [6.07, 6.45) is 6.24. The standard InChI is InChI=1S/C32H39N3O5S/c1-24-12-10-11-13-26(24)22-34(25(2)32(37)33-27-14-6-4-7-15-27)31(36)23-35(41(3,38)39)28-18-20-30(21-19-28)40-29-16-8-5-9-17-29/h5,8-13,16-21,25,27H,4,6-7,14-15,22-23H2,1-3H3,(H,33,37). The average molecular weight is 578 g/mol. The lowest BCUT2D eigenvalue weighted by Gasteiger charge is -2.33. The van der Waals surface area contributed by atoms with Crippen molar-refractivity contribution in [2.45, 2.75) is 64.6 Å². The van der Waals surface area contributed by atoms with Crippen molar-refractivity contribution < 1.29 is 22.7 Å². The number of carbonyl (C=O) groups excluding carboxylic acids is 2.